The van der Waals surface area contributed by atoms with Crippen molar-refractivity contribution in [2.45, 2.75) is 26.8 Å². The maximum atomic E-state index is 13.1. The van der Waals surface area contributed by atoms with Crippen molar-refractivity contribution >= 4 is 35.5 Å². The average Bonchev–Trinajstić information content (AvgIpc) is 3.14. The molecule has 9 heteroatoms. The molecule has 0 aliphatic carbocycles. The molecule has 2 saturated heterocycles. The molecular formula is C21H27N5O3S. The third kappa shape index (κ3) is 3.91. The first-order chi connectivity index (χ1) is 14.3. The van der Waals surface area contributed by atoms with E-state index in [0.717, 1.165) is 30.7 Å². The molecule has 4 amide bonds. The van der Waals surface area contributed by atoms with Gasteiger partial charge in [-0.1, -0.05) is 26.0 Å². The van der Waals surface area contributed by atoms with E-state index in [0.29, 0.717) is 30.2 Å². The third-order valence-corrected chi connectivity index (χ3v) is 6.44. The van der Waals surface area contributed by atoms with Crippen LogP contribution in [-0.4, -0.2) is 66.4 Å². The van der Waals surface area contributed by atoms with Gasteiger partial charge in [0.2, 0.25) is 0 Å². The highest BCUT2D eigenvalue weighted by Gasteiger charge is 2.45. The van der Waals surface area contributed by atoms with Crippen LogP contribution >= 0.6 is 11.9 Å². The summed E-state index contributed by atoms with van der Waals surface area (Å²) in [5.41, 5.74) is 2.76. The number of benzene rings is 1. The topological polar surface area (TPSA) is 85.0 Å². The summed E-state index contributed by atoms with van der Waals surface area (Å²) in [7, 11) is 0. The molecule has 1 unspecified atom stereocenters. The number of nitrogens with zero attached hydrogens (tertiary/aromatic N) is 3. The van der Waals surface area contributed by atoms with Crippen molar-refractivity contribution < 1.29 is 14.4 Å². The molecule has 2 fully saturated rings. The molecule has 0 aromatic heterocycles. The lowest BCUT2D eigenvalue weighted by atomic mass is 10.1. The van der Waals surface area contributed by atoms with Crippen molar-refractivity contribution in [2.75, 3.05) is 37.6 Å². The van der Waals surface area contributed by atoms with Gasteiger partial charge < -0.3 is 15.1 Å². The summed E-state index contributed by atoms with van der Waals surface area (Å²) in [6, 6.07) is 7.21. The first-order valence-corrected chi connectivity index (χ1v) is 11.1. The van der Waals surface area contributed by atoms with Gasteiger partial charge in [-0.25, -0.2) is 9.52 Å². The SMILES string of the molecule is Cc1cccc(N2CCN(C(=O)C3=C4NC(=O)N(CC(C)C)C(=O)C4NS3)CC2)c1. The van der Waals surface area contributed by atoms with Crippen LogP contribution in [0.25, 0.3) is 0 Å². The fraction of sp³-hybridized carbons (Fsp3) is 0.476. The van der Waals surface area contributed by atoms with Gasteiger partial charge in [0.25, 0.3) is 11.8 Å². The Morgan fingerprint density at radius 3 is 2.60 bits per heavy atom. The normalized spacial score (nSPS) is 22.0. The summed E-state index contributed by atoms with van der Waals surface area (Å²) < 4.78 is 3.02. The number of aryl methyl sites for hydroxylation is 1. The number of urea groups is 1. The van der Waals surface area contributed by atoms with Gasteiger partial charge in [-0.3, -0.25) is 14.5 Å². The van der Waals surface area contributed by atoms with Crippen molar-refractivity contribution in [1.82, 2.24) is 19.8 Å². The number of carbonyl (C=O) groups excluding carboxylic acids is 3. The number of piperazine rings is 1. The maximum Gasteiger partial charge on any atom is 0.328 e. The second kappa shape index (κ2) is 8.31. The van der Waals surface area contributed by atoms with Crippen LogP contribution in [0.2, 0.25) is 0 Å². The van der Waals surface area contributed by atoms with Gasteiger partial charge in [-0.15, -0.1) is 0 Å². The molecule has 3 aliphatic heterocycles. The molecule has 1 aromatic carbocycles. The number of anilines is 1. The molecule has 0 saturated carbocycles. The number of carbonyl (C=O) groups is 3. The van der Waals surface area contributed by atoms with E-state index in [1.165, 1.54) is 10.5 Å². The fourth-order valence-corrected chi connectivity index (χ4v) is 4.89. The van der Waals surface area contributed by atoms with E-state index in [1.807, 2.05) is 19.9 Å². The third-order valence-electron chi connectivity index (χ3n) is 5.49. The zero-order valence-corrected chi connectivity index (χ0v) is 18.3. The number of hydrogen-bond acceptors (Lipinski definition) is 6. The highest BCUT2D eigenvalue weighted by molar-refractivity contribution is 8.02. The van der Waals surface area contributed by atoms with E-state index in [4.69, 9.17) is 0 Å². The summed E-state index contributed by atoms with van der Waals surface area (Å²) >= 11 is 1.14. The summed E-state index contributed by atoms with van der Waals surface area (Å²) in [4.78, 5) is 44.0. The zero-order chi connectivity index (χ0) is 21.4. The molecule has 2 N–H and O–H groups in total. The van der Waals surface area contributed by atoms with E-state index in [2.05, 4.69) is 40.1 Å². The predicted molar refractivity (Wildman–Crippen MR) is 117 cm³/mol. The molecule has 160 valence electrons. The van der Waals surface area contributed by atoms with Gasteiger partial charge in [0.15, 0.2) is 0 Å². The van der Waals surface area contributed by atoms with E-state index in [9.17, 15) is 14.4 Å². The Morgan fingerprint density at radius 2 is 1.93 bits per heavy atom. The smallest absolute Gasteiger partial charge is 0.328 e. The predicted octanol–water partition coefficient (Wildman–Crippen LogP) is 1.68. The minimum atomic E-state index is -0.681. The summed E-state index contributed by atoms with van der Waals surface area (Å²) in [6.07, 6.45) is 0. The Hall–Kier alpha value is -2.52. The first-order valence-electron chi connectivity index (χ1n) is 10.2. The number of rotatable bonds is 4. The van der Waals surface area contributed by atoms with Crippen molar-refractivity contribution in [3.05, 3.63) is 40.4 Å². The van der Waals surface area contributed by atoms with Gasteiger partial charge in [0.05, 0.1) is 5.70 Å². The van der Waals surface area contributed by atoms with E-state index in [1.54, 1.807) is 4.90 Å². The summed E-state index contributed by atoms with van der Waals surface area (Å²) in [5.74, 6) is -0.272. The standard InChI is InChI=1S/C21H27N5O3S/c1-13(2)12-26-19(27)17-16(22-21(26)29)18(30-23-17)20(28)25-9-7-24(8-10-25)15-6-4-5-14(3)11-15/h4-6,11,13,17,23H,7-10,12H2,1-3H3,(H,22,29). The van der Waals surface area contributed by atoms with Crippen molar-refractivity contribution in [3.8, 4) is 0 Å². The van der Waals surface area contributed by atoms with Crippen LogP contribution in [0.15, 0.2) is 34.9 Å². The lowest BCUT2D eigenvalue weighted by Crippen LogP contribution is -2.58. The lowest BCUT2D eigenvalue weighted by Gasteiger charge is -2.36. The number of hydrogen-bond donors (Lipinski definition) is 2. The largest absolute Gasteiger partial charge is 0.368 e. The molecule has 3 aliphatic rings. The Morgan fingerprint density at radius 1 is 1.20 bits per heavy atom. The number of fused-ring (bicyclic) bond motifs is 1. The second-order valence-corrected chi connectivity index (χ2v) is 9.13. The lowest BCUT2D eigenvalue weighted by molar-refractivity contribution is -0.130. The van der Waals surface area contributed by atoms with Crippen LogP contribution in [0.4, 0.5) is 10.5 Å². The molecule has 0 radical (unpaired) electrons. The van der Waals surface area contributed by atoms with Gasteiger partial charge >= 0.3 is 6.03 Å². The molecule has 30 heavy (non-hydrogen) atoms. The molecule has 8 nitrogen and oxygen atoms in total. The Labute approximate surface area is 180 Å². The highest BCUT2D eigenvalue weighted by Crippen LogP contribution is 2.32. The van der Waals surface area contributed by atoms with Gasteiger partial charge in [-0.05, 0) is 42.5 Å². The molecular weight excluding hydrogens is 402 g/mol. The first kappa shape index (κ1) is 20.7. The minimum Gasteiger partial charge on any atom is -0.368 e. The molecule has 0 spiro atoms. The van der Waals surface area contributed by atoms with Crippen molar-refractivity contribution in [3.63, 3.8) is 0 Å². The summed E-state index contributed by atoms with van der Waals surface area (Å²) in [5, 5.41) is 2.78. The number of amides is 4. The minimum absolute atomic E-state index is 0.140. The number of nitrogens with one attached hydrogen (secondary N) is 2. The van der Waals surface area contributed by atoms with Crippen LogP contribution in [0.3, 0.4) is 0 Å². The monoisotopic (exact) mass is 429 g/mol. The molecule has 4 rings (SSSR count). The quantitative estimate of drug-likeness (QED) is 0.709. The van der Waals surface area contributed by atoms with Gasteiger partial charge in [-0.2, -0.15) is 0 Å². The highest BCUT2D eigenvalue weighted by atomic mass is 32.2. The van der Waals surface area contributed by atoms with E-state index >= 15 is 0 Å². The maximum absolute atomic E-state index is 13.1. The van der Waals surface area contributed by atoms with Crippen LogP contribution in [0, 0.1) is 12.8 Å². The fourth-order valence-electron chi connectivity index (χ4n) is 3.94. The molecule has 3 heterocycles. The average molecular weight is 430 g/mol. The zero-order valence-electron chi connectivity index (χ0n) is 17.5. The van der Waals surface area contributed by atoms with Crippen LogP contribution in [0.1, 0.15) is 19.4 Å². The van der Waals surface area contributed by atoms with Crippen LogP contribution in [0.5, 0.6) is 0 Å². The number of imide groups is 1. The van der Waals surface area contributed by atoms with Crippen LogP contribution in [-0.2, 0) is 9.59 Å². The molecule has 1 aromatic rings. The van der Waals surface area contributed by atoms with E-state index in [-0.39, 0.29) is 17.7 Å². The Kier molecular flexibility index (Phi) is 5.75. The second-order valence-electron chi connectivity index (χ2n) is 8.29. The van der Waals surface area contributed by atoms with Crippen molar-refractivity contribution in [1.29, 1.82) is 0 Å². The van der Waals surface area contributed by atoms with Crippen LogP contribution < -0.4 is 14.9 Å². The van der Waals surface area contributed by atoms with Gasteiger partial charge in [0, 0.05) is 38.4 Å². The summed E-state index contributed by atoms with van der Waals surface area (Å²) in [6.45, 7) is 9.00. The Balaban J connectivity index is 1.44. The van der Waals surface area contributed by atoms with Gasteiger partial charge in [0.1, 0.15) is 10.9 Å². The molecule has 0 bridgehead atoms. The van der Waals surface area contributed by atoms with E-state index < -0.39 is 12.1 Å². The van der Waals surface area contributed by atoms with Crippen molar-refractivity contribution in [2.24, 2.45) is 5.92 Å². The Bertz CT molecular complexity index is 908. The molecule has 1 atom stereocenters.